The summed E-state index contributed by atoms with van der Waals surface area (Å²) in [5.41, 5.74) is 2.09. The van der Waals surface area contributed by atoms with Crippen LogP contribution >= 0.6 is 0 Å². The summed E-state index contributed by atoms with van der Waals surface area (Å²) in [6.45, 7) is 0. The molecule has 2 aromatic heterocycles. The maximum Gasteiger partial charge on any atom is 0.216 e. The predicted octanol–water partition coefficient (Wildman–Crippen LogP) is 1.37. The molecule has 0 saturated heterocycles. The first-order valence-electron chi connectivity index (χ1n) is 7.98. The number of rotatable bonds is 7. The van der Waals surface area contributed by atoms with E-state index in [9.17, 15) is 8.42 Å². The Labute approximate surface area is 152 Å². The zero-order chi connectivity index (χ0) is 18.7. The number of aromatic nitrogens is 4. The topological polar surface area (TPSA) is 91.0 Å². The summed E-state index contributed by atoms with van der Waals surface area (Å²) in [4.78, 5) is 0. The fraction of sp³-hybridized carbons (Fsp3) is 0.294. The molecule has 0 saturated carbocycles. The number of hydrogen-bond donors (Lipinski definition) is 1. The largest absolute Gasteiger partial charge is 0.497 e. The summed E-state index contributed by atoms with van der Waals surface area (Å²) in [7, 11) is 1.46. The third-order valence-corrected chi connectivity index (χ3v) is 5.41. The van der Waals surface area contributed by atoms with Gasteiger partial charge in [0, 0.05) is 26.5 Å². The van der Waals surface area contributed by atoms with Gasteiger partial charge in [0.05, 0.1) is 24.3 Å². The number of sulfonamides is 1. The molecule has 0 spiro atoms. The molecule has 0 amide bonds. The van der Waals surface area contributed by atoms with Gasteiger partial charge in [-0.25, -0.2) is 8.42 Å². The number of nitrogens with zero attached hydrogens (tertiary/aromatic N) is 4. The molecule has 3 rings (SSSR count). The van der Waals surface area contributed by atoms with Crippen molar-refractivity contribution >= 4 is 10.0 Å². The van der Waals surface area contributed by atoms with Crippen LogP contribution in [-0.2, 0) is 29.9 Å². The maximum absolute atomic E-state index is 12.8. The fourth-order valence-electron chi connectivity index (χ4n) is 2.81. The van der Waals surface area contributed by atoms with Crippen molar-refractivity contribution in [2.24, 2.45) is 14.1 Å². The molecule has 2 heterocycles. The van der Waals surface area contributed by atoms with E-state index in [1.807, 2.05) is 0 Å². The average Bonchev–Trinajstić information content (AvgIpc) is 3.21. The number of methoxy groups -OCH3 is 1. The Hall–Kier alpha value is -2.65. The highest BCUT2D eigenvalue weighted by atomic mass is 32.2. The van der Waals surface area contributed by atoms with Gasteiger partial charge >= 0.3 is 0 Å². The van der Waals surface area contributed by atoms with Crippen molar-refractivity contribution in [3.8, 4) is 5.75 Å². The van der Waals surface area contributed by atoms with Crippen LogP contribution in [0.15, 0.2) is 48.8 Å². The summed E-state index contributed by atoms with van der Waals surface area (Å²) in [5, 5.41) is 8.30. The van der Waals surface area contributed by atoms with Gasteiger partial charge in [-0.2, -0.15) is 14.9 Å². The Morgan fingerprint density at radius 2 is 1.69 bits per heavy atom. The first-order chi connectivity index (χ1) is 12.4. The lowest BCUT2D eigenvalue weighted by atomic mass is 10.1. The Morgan fingerprint density at radius 3 is 2.19 bits per heavy atom. The third-order valence-electron chi connectivity index (χ3n) is 4.10. The molecule has 0 aliphatic carbocycles. The molecule has 0 bridgehead atoms. The first-order valence-corrected chi connectivity index (χ1v) is 9.63. The van der Waals surface area contributed by atoms with Crippen molar-refractivity contribution in [1.29, 1.82) is 0 Å². The summed E-state index contributed by atoms with van der Waals surface area (Å²) in [6, 6.07) is 9.98. The lowest BCUT2D eigenvalue weighted by molar-refractivity contribution is 0.414. The average molecular weight is 375 g/mol. The van der Waals surface area contributed by atoms with Gasteiger partial charge < -0.3 is 4.74 Å². The minimum Gasteiger partial charge on any atom is -0.497 e. The Morgan fingerprint density at radius 1 is 1.08 bits per heavy atom. The smallest absolute Gasteiger partial charge is 0.216 e. The van der Waals surface area contributed by atoms with Crippen molar-refractivity contribution in [3.63, 3.8) is 0 Å². The van der Waals surface area contributed by atoms with Crippen LogP contribution in [0.1, 0.15) is 23.0 Å². The molecule has 9 heteroatoms. The van der Waals surface area contributed by atoms with E-state index in [0.29, 0.717) is 11.3 Å². The van der Waals surface area contributed by atoms with Crippen LogP contribution in [0.5, 0.6) is 5.75 Å². The van der Waals surface area contributed by atoms with E-state index >= 15 is 0 Å². The van der Waals surface area contributed by atoms with E-state index in [1.165, 1.54) is 0 Å². The van der Waals surface area contributed by atoms with Gasteiger partial charge in [-0.3, -0.25) is 9.36 Å². The van der Waals surface area contributed by atoms with Crippen LogP contribution in [0.2, 0.25) is 0 Å². The van der Waals surface area contributed by atoms with Gasteiger partial charge in [0.25, 0.3) is 0 Å². The normalized spacial score (nSPS) is 11.8. The van der Waals surface area contributed by atoms with Gasteiger partial charge in [0.1, 0.15) is 11.8 Å². The molecule has 0 radical (unpaired) electrons. The number of ether oxygens (including phenoxy) is 1. The third kappa shape index (κ3) is 3.94. The van der Waals surface area contributed by atoms with Gasteiger partial charge in [-0.05, 0) is 29.8 Å². The number of nitrogens with one attached hydrogen (secondary N) is 1. The quantitative estimate of drug-likeness (QED) is 0.673. The molecule has 0 unspecified atom stereocenters. The molecule has 0 aliphatic rings. The molecule has 26 heavy (non-hydrogen) atoms. The maximum atomic E-state index is 12.8. The lowest BCUT2D eigenvalue weighted by Gasteiger charge is -2.19. The SMILES string of the molecule is COc1cccc(CS(=O)(=O)NC(c2ccnn2C)c2ccnn2C)c1. The van der Waals surface area contributed by atoms with Gasteiger partial charge in [0.2, 0.25) is 10.0 Å². The van der Waals surface area contributed by atoms with Crippen LogP contribution in [0.3, 0.4) is 0 Å². The zero-order valence-electron chi connectivity index (χ0n) is 14.8. The number of hydrogen-bond acceptors (Lipinski definition) is 5. The molecule has 0 atom stereocenters. The van der Waals surface area contributed by atoms with Crippen molar-refractivity contribution in [2.45, 2.75) is 11.8 Å². The highest BCUT2D eigenvalue weighted by molar-refractivity contribution is 7.88. The minimum atomic E-state index is -3.63. The molecular weight excluding hydrogens is 354 g/mol. The highest BCUT2D eigenvalue weighted by Crippen LogP contribution is 2.23. The Bertz CT molecular complexity index is 953. The van der Waals surface area contributed by atoms with E-state index in [0.717, 1.165) is 11.4 Å². The highest BCUT2D eigenvalue weighted by Gasteiger charge is 2.26. The van der Waals surface area contributed by atoms with Crippen molar-refractivity contribution in [3.05, 3.63) is 65.7 Å². The summed E-state index contributed by atoms with van der Waals surface area (Å²) >= 11 is 0. The second-order valence-electron chi connectivity index (χ2n) is 5.92. The zero-order valence-corrected chi connectivity index (χ0v) is 15.6. The molecule has 3 aromatic rings. The molecule has 138 valence electrons. The number of aryl methyl sites for hydroxylation is 2. The summed E-state index contributed by atoms with van der Waals surface area (Å²) in [5.74, 6) is 0.462. The first kappa shape index (κ1) is 18.2. The minimum absolute atomic E-state index is 0.156. The van der Waals surface area contributed by atoms with Crippen molar-refractivity contribution < 1.29 is 13.2 Å². The monoisotopic (exact) mass is 375 g/mol. The van der Waals surface area contributed by atoms with Crippen LogP contribution in [-0.4, -0.2) is 35.1 Å². The van der Waals surface area contributed by atoms with Crippen molar-refractivity contribution in [1.82, 2.24) is 24.3 Å². The Kier molecular flexibility index (Phi) is 5.10. The van der Waals surface area contributed by atoms with Crippen LogP contribution in [0.25, 0.3) is 0 Å². The summed E-state index contributed by atoms with van der Waals surface area (Å²) in [6.07, 6.45) is 3.27. The lowest BCUT2D eigenvalue weighted by Crippen LogP contribution is -2.33. The fourth-order valence-corrected chi connectivity index (χ4v) is 4.11. The second-order valence-corrected chi connectivity index (χ2v) is 7.67. The molecular formula is C17H21N5O3S. The molecule has 1 N–H and O–H groups in total. The van der Waals surface area contributed by atoms with Gasteiger partial charge in [-0.15, -0.1) is 0 Å². The molecule has 0 fully saturated rings. The van der Waals surface area contributed by atoms with E-state index in [1.54, 1.807) is 79.4 Å². The van der Waals surface area contributed by atoms with E-state index < -0.39 is 16.1 Å². The summed E-state index contributed by atoms with van der Waals surface area (Å²) < 4.78 is 36.8. The number of benzene rings is 1. The van der Waals surface area contributed by atoms with Crippen LogP contribution in [0, 0.1) is 0 Å². The van der Waals surface area contributed by atoms with E-state index in [-0.39, 0.29) is 5.75 Å². The molecule has 8 nitrogen and oxygen atoms in total. The second kappa shape index (κ2) is 7.30. The van der Waals surface area contributed by atoms with Crippen LogP contribution in [0.4, 0.5) is 0 Å². The predicted molar refractivity (Wildman–Crippen MR) is 97.0 cm³/mol. The van der Waals surface area contributed by atoms with Gasteiger partial charge in [0.15, 0.2) is 0 Å². The van der Waals surface area contributed by atoms with E-state index in [4.69, 9.17) is 4.74 Å². The van der Waals surface area contributed by atoms with Gasteiger partial charge in [-0.1, -0.05) is 12.1 Å². The van der Waals surface area contributed by atoms with E-state index in [2.05, 4.69) is 14.9 Å². The van der Waals surface area contributed by atoms with Crippen LogP contribution < -0.4 is 9.46 Å². The Balaban J connectivity index is 1.91. The molecule has 1 aromatic carbocycles. The molecule has 0 aliphatic heterocycles. The standard InChI is InChI=1S/C17H21N5O3S/c1-21-15(7-9-18-21)17(16-8-10-19-22(16)2)20-26(23,24)12-13-5-4-6-14(11-13)25-3/h4-11,17,20H,12H2,1-3H3. The van der Waals surface area contributed by atoms with Crippen molar-refractivity contribution in [2.75, 3.05) is 7.11 Å².